The van der Waals surface area contributed by atoms with E-state index in [1.54, 1.807) is 0 Å². The Labute approximate surface area is 270 Å². The molecule has 0 spiro atoms. The predicted octanol–water partition coefficient (Wildman–Crippen LogP) is 2.39. The van der Waals surface area contributed by atoms with Crippen molar-refractivity contribution in [2.45, 2.75) is 72.1 Å². The first-order valence-electron chi connectivity index (χ1n) is 14.8. The standard InChI is InChI=1S/C23H54N3.3CH4O4S/c1-9-25(7,10-2)21-17-14-15-19-23-26(8,11-3)22-18-13-12-16-20-24(4,5)6;3*1-5-6(2,3)4/h9-23H2,1-8H3;3*1H3,(H,2,3,4)/q+3;;;/p-2. The number of hydrogen-bond donors (Lipinski definition) is 1. The van der Waals surface area contributed by atoms with Crippen LogP contribution in [0, 0.1) is 0 Å². The fraction of sp³-hybridized carbons (Fsp3) is 1.00. The van der Waals surface area contributed by atoms with Crippen molar-refractivity contribution in [3.63, 3.8) is 0 Å². The van der Waals surface area contributed by atoms with Crippen LogP contribution in [0.1, 0.15) is 72.1 Å². The molecular formula is C26H64N3O12S3+. The van der Waals surface area contributed by atoms with E-state index in [9.17, 15) is 34.4 Å². The lowest BCUT2D eigenvalue weighted by Gasteiger charge is -2.34. The number of quaternary nitrogens is 3. The minimum Gasteiger partial charge on any atom is -0.726 e. The third kappa shape index (κ3) is 43.6. The van der Waals surface area contributed by atoms with Gasteiger partial charge >= 0.3 is 10.4 Å². The Hall–Kier alpha value is -0.510. The van der Waals surface area contributed by atoms with Crippen LogP contribution in [-0.2, 0) is 43.7 Å². The zero-order valence-corrected chi connectivity index (χ0v) is 31.6. The van der Waals surface area contributed by atoms with Crippen LogP contribution in [0.2, 0.25) is 0 Å². The van der Waals surface area contributed by atoms with E-state index in [2.05, 4.69) is 68.6 Å². The molecule has 0 saturated carbocycles. The van der Waals surface area contributed by atoms with E-state index in [1.807, 2.05) is 0 Å². The lowest BCUT2D eigenvalue weighted by molar-refractivity contribution is -0.908. The van der Waals surface area contributed by atoms with E-state index in [0.717, 1.165) is 25.8 Å². The number of rotatable bonds is 20. The summed E-state index contributed by atoms with van der Waals surface area (Å²) in [6, 6.07) is 0. The van der Waals surface area contributed by atoms with Crippen molar-refractivity contribution in [2.75, 3.05) is 102 Å². The molecule has 0 aromatic heterocycles. The Bertz CT molecular complexity index is 923. The van der Waals surface area contributed by atoms with Gasteiger partial charge in [0.1, 0.15) is 0 Å². The first-order chi connectivity index (χ1) is 19.8. The molecule has 0 heterocycles. The lowest BCUT2D eigenvalue weighted by atomic mass is 10.1. The van der Waals surface area contributed by atoms with Gasteiger partial charge < -0.3 is 22.6 Å². The summed E-state index contributed by atoms with van der Waals surface area (Å²) in [4.78, 5) is 0. The molecule has 0 bridgehead atoms. The summed E-state index contributed by atoms with van der Waals surface area (Å²) in [5.41, 5.74) is 0. The minimum absolute atomic E-state index is 0.808. The first kappa shape index (κ1) is 50.3. The van der Waals surface area contributed by atoms with E-state index >= 15 is 0 Å². The summed E-state index contributed by atoms with van der Waals surface area (Å²) in [5.74, 6) is 0. The second-order valence-corrected chi connectivity index (χ2v) is 15.4. The number of hydrogen-bond acceptors (Lipinski definition) is 11. The molecule has 1 unspecified atom stereocenters. The maximum absolute atomic E-state index is 9.33. The van der Waals surface area contributed by atoms with Gasteiger partial charge in [-0.2, -0.15) is 8.42 Å². The highest BCUT2D eigenvalue weighted by atomic mass is 32.3. The van der Waals surface area contributed by atoms with Gasteiger partial charge in [-0.1, -0.05) is 0 Å². The highest BCUT2D eigenvalue weighted by Crippen LogP contribution is 2.13. The maximum Gasteiger partial charge on any atom is 0.397 e. The molecule has 0 aliphatic carbocycles. The van der Waals surface area contributed by atoms with Crippen molar-refractivity contribution in [3.05, 3.63) is 0 Å². The van der Waals surface area contributed by atoms with Crippen molar-refractivity contribution in [1.29, 1.82) is 0 Å². The molecule has 0 rings (SSSR count). The van der Waals surface area contributed by atoms with Gasteiger partial charge in [-0.05, 0) is 72.1 Å². The molecule has 272 valence electrons. The molecule has 0 aromatic rings. The Morgan fingerprint density at radius 1 is 0.500 bits per heavy atom. The van der Waals surface area contributed by atoms with Gasteiger partial charge in [-0.3, -0.25) is 17.1 Å². The molecule has 0 fully saturated rings. The summed E-state index contributed by atoms with van der Waals surface area (Å²) in [7, 11) is 1.29. The molecule has 0 saturated heterocycles. The lowest BCUT2D eigenvalue weighted by Crippen LogP contribution is -2.45. The SMILES string of the molecule is CC[N+](C)(CC)CCCCCC[N+](C)(CC)CCCCCC[N+](C)(C)C.COS(=O)(=O)O.COS(=O)(=O)[O-].COS(=O)(=O)[O-]. The molecule has 1 N–H and O–H groups in total. The third-order valence-electron chi connectivity index (χ3n) is 7.33. The quantitative estimate of drug-likeness (QED) is 0.0841. The molecule has 0 radical (unpaired) electrons. The van der Waals surface area contributed by atoms with Crippen LogP contribution in [0.15, 0.2) is 0 Å². The molecule has 18 heteroatoms. The summed E-state index contributed by atoms with van der Waals surface area (Å²) in [6.45, 7) is 16.3. The Balaban J connectivity index is -0.000000357. The molecule has 44 heavy (non-hydrogen) atoms. The highest BCUT2D eigenvalue weighted by Gasteiger charge is 2.19. The van der Waals surface area contributed by atoms with Crippen LogP contribution in [0.25, 0.3) is 0 Å². The van der Waals surface area contributed by atoms with Gasteiger partial charge in [0.25, 0.3) is 0 Å². The largest absolute Gasteiger partial charge is 0.726 e. The van der Waals surface area contributed by atoms with Crippen molar-refractivity contribution in [3.8, 4) is 0 Å². The van der Waals surface area contributed by atoms with Gasteiger partial charge in [0, 0.05) is 0 Å². The maximum atomic E-state index is 9.33. The van der Waals surface area contributed by atoms with Crippen molar-refractivity contribution in [1.82, 2.24) is 0 Å². The van der Waals surface area contributed by atoms with Crippen molar-refractivity contribution < 1.29 is 64.9 Å². The first-order valence-corrected chi connectivity index (χ1v) is 18.8. The average Bonchev–Trinajstić information content (AvgIpc) is 2.91. The van der Waals surface area contributed by atoms with Crippen LogP contribution < -0.4 is 0 Å². The van der Waals surface area contributed by atoms with Gasteiger partial charge in [-0.25, -0.2) is 16.8 Å². The monoisotopic (exact) mass is 706 g/mol. The van der Waals surface area contributed by atoms with Crippen LogP contribution in [0.3, 0.4) is 0 Å². The molecule has 0 aliphatic rings. The van der Waals surface area contributed by atoms with Gasteiger partial charge in [0.15, 0.2) is 0 Å². The van der Waals surface area contributed by atoms with Crippen molar-refractivity contribution in [2.24, 2.45) is 0 Å². The minimum atomic E-state index is -4.41. The highest BCUT2D eigenvalue weighted by molar-refractivity contribution is 7.81. The average molecular weight is 707 g/mol. The van der Waals surface area contributed by atoms with Crippen LogP contribution >= 0.6 is 0 Å². The number of nitrogens with zero attached hydrogens (tertiary/aromatic N) is 3. The fourth-order valence-corrected chi connectivity index (χ4v) is 3.74. The van der Waals surface area contributed by atoms with Gasteiger partial charge in [0.2, 0.25) is 20.8 Å². The second-order valence-electron chi connectivity index (χ2n) is 11.9. The molecular weight excluding hydrogens is 642 g/mol. The summed E-state index contributed by atoms with van der Waals surface area (Å²) < 4.78 is 95.4. The molecule has 0 aliphatic heterocycles. The van der Waals surface area contributed by atoms with Crippen LogP contribution in [0.5, 0.6) is 0 Å². The van der Waals surface area contributed by atoms with Crippen LogP contribution in [0.4, 0.5) is 0 Å². The fourth-order valence-electron chi connectivity index (χ4n) is 3.74. The third-order valence-corrected chi connectivity index (χ3v) is 8.57. The smallest absolute Gasteiger partial charge is 0.397 e. The van der Waals surface area contributed by atoms with Gasteiger partial charge in [0.05, 0.1) is 102 Å². The summed E-state index contributed by atoms with van der Waals surface area (Å²) in [5, 5.41) is 0. The summed E-state index contributed by atoms with van der Waals surface area (Å²) in [6.07, 6.45) is 11.3. The number of unbranched alkanes of at least 4 members (excludes halogenated alkanes) is 6. The molecule has 0 amide bonds. The zero-order chi connectivity index (χ0) is 35.7. The van der Waals surface area contributed by atoms with E-state index in [1.165, 1.54) is 106 Å². The molecule has 1 atom stereocenters. The normalized spacial score (nSPS) is 13.8. The van der Waals surface area contributed by atoms with E-state index in [-0.39, 0.29) is 0 Å². The van der Waals surface area contributed by atoms with E-state index in [0.29, 0.717) is 0 Å². The second kappa shape index (κ2) is 25.6. The van der Waals surface area contributed by atoms with E-state index in [4.69, 9.17) is 4.55 Å². The Morgan fingerprint density at radius 3 is 0.909 bits per heavy atom. The Morgan fingerprint density at radius 2 is 0.727 bits per heavy atom. The van der Waals surface area contributed by atoms with Crippen molar-refractivity contribution >= 4 is 31.2 Å². The topological polar surface area (TPSA) is 196 Å². The zero-order valence-electron chi connectivity index (χ0n) is 29.1. The molecule has 15 nitrogen and oxygen atoms in total. The van der Waals surface area contributed by atoms with E-state index < -0.39 is 31.2 Å². The predicted molar refractivity (Wildman–Crippen MR) is 170 cm³/mol. The van der Waals surface area contributed by atoms with Crippen LogP contribution in [-0.4, -0.2) is 155 Å². The van der Waals surface area contributed by atoms with Gasteiger partial charge in [-0.15, -0.1) is 0 Å². The summed E-state index contributed by atoms with van der Waals surface area (Å²) >= 11 is 0. The molecule has 0 aromatic carbocycles. The Kier molecular flexibility index (Phi) is 29.3.